The first kappa shape index (κ1) is 28.5. The predicted octanol–water partition coefficient (Wildman–Crippen LogP) is 4.48. The first-order chi connectivity index (χ1) is 21.4. The van der Waals surface area contributed by atoms with Gasteiger partial charge in [0.2, 0.25) is 11.8 Å². The molecule has 0 aromatic heterocycles. The Kier molecular flexibility index (Phi) is 7.14. The fourth-order valence-electron chi connectivity index (χ4n) is 7.75. The number of fused-ring (bicyclic) bond motifs is 3. The Labute approximate surface area is 257 Å². The third-order valence-electron chi connectivity index (χ3n) is 9.73. The molecule has 4 aliphatic rings. The van der Waals surface area contributed by atoms with Crippen molar-refractivity contribution in [1.29, 1.82) is 0 Å². The molecule has 4 aliphatic heterocycles. The molecule has 0 radical (unpaired) electrons. The molecular formula is C36H37N3O5. The molecule has 5 atom stereocenters. The van der Waals surface area contributed by atoms with E-state index in [0.29, 0.717) is 38.9 Å². The van der Waals surface area contributed by atoms with Gasteiger partial charge in [0.15, 0.2) is 0 Å². The van der Waals surface area contributed by atoms with Crippen LogP contribution in [0, 0.1) is 11.8 Å². The fraction of sp³-hybridized carbons (Fsp3) is 0.361. The zero-order valence-corrected chi connectivity index (χ0v) is 24.8. The number of unbranched alkanes of at least 4 members (excludes halogenated alkanes) is 2. The van der Waals surface area contributed by atoms with E-state index in [9.17, 15) is 19.5 Å². The summed E-state index contributed by atoms with van der Waals surface area (Å²) in [5.41, 5.74) is -0.887. The smallest absolute Gasteiger partial charge is 0.253 e. The maximum absolute atomic E-state index is 14.7. The van der Waals surface area contributed by atoms with E-state index in [-0.39, 0.29) is 24.3 Å². The van der Waals surface area contributed by atoms with Crippen LogP contribution in [0.3, 0.4) is 0 Å². The van der Waals surface area contributed by atoms with Gasteiger partial charge in [-0.3, -0.25) is 14.4 Å². The number of anilines is 2. The lowest BCUT2D eigenvalue weighted by molar-refractivity contribution is -0.144. The second-order valence-electron chi connectivity index (χ2n) is 12.4. The van der Waals surface area contributed by atoms with Crippen LogP contribution in [0.4, 0.5) is 11.4 Å². The highest BCUT2D eigenvalue weighted by Gasteiger charge is 2.74. The number of carbonyl (C=O) groups excluding carboxylic acids is 3. The molecule has 7 rings (SSSR count). The van der Waals surface area contributed by atoms with Crippen molar-refractivity contribution in [2.45, 2.75) is 43.4 Å². The number of hydrogen-bond donors (Lipinski definition) is 1. The normalized spacial score (nSPS) is 29.5. The molecule has 4 heterocycles. The number of amides is 3. The third-order valence-corrected chi connectivity index (χ3v) is 9.73. The SMILES string of the molecule is C[C@@]12C=CCN(c3ccccc3)C(=O)[C@@H]1[C@H]1C(=O)N(CCCCCO)C3C(=O)N(c4ccc5ccccc5c4)CC=C[C@@]31O2. The number of benzene rings is 3. The standard InChI is InChI=1S/C36H37N3O5/c1-35-18-10-21-37(27-14-4-2-5-15-27)32(41)29(35)30-33(42)39(20-8-3-9-23-40)31-34(43)38(22-11-19-36(30,31)44-35)28-17-16-25-12-6-7-13-26(25)24-28/h2,4-7,10-19,24,29-31,40H,3,8-9,20-23H2,1H3/t29-,30-,31?,35+,36-/m0/s1. The highest BCUT2D eigenvalue weighted by atomic mass is 16.5. The Morgan fingerprint density at radius 1 is 0.750 bits per heavy atom. The molecule has 8 heteroatoms. The molecule has 3 aromatic carbocycles. The Balaban J connectivity index is 1.31. The van der Waals surface area contributed by atoms with Crippen LogP contribution in [0.15, 0.2) is 97.1 Å². The van der Waals surface area contributed by atoms with Crippen LogP contribution < -0.4 is 9.80 Å². The highest BCUT2D eigenvalue weighted by molar-refractivity contribution is 6.08. The van der Waals surface area contributed by atoms with Gasteiger partial charge in [-0.1, -0.05) is 72.8 Å². The predicted molar refractivity (Wildman–Crippen MR) is 169 cm³/mol. The summed E-state index contributed by atoms with van der Waals surface area (Å²) in [6.45, 7) is 2.96. The lowest BCUT2D eigenvalue weighted by Gasteiger charge is -2.37. The largest absolute Gasteiger partial charge is 0.396 e. The summed E-state index contributed by atoms with van der Waals surface area (Å²) < 4.78 is 6.96. The van der Waals surface area contributed by atoms with Crippen molar-refractivity contribution in [2.24, 2.45) is 11.8 Å². The minimum atomic E-state index is -1.31. The number of nitrogens with zero attached hydrogens (tertiary/aromatic N) is 3. The topological polar surface area (TPSA) is 90.4 Å². The Morgan fingerprint density at radius 2 is 1.45 bits per heavy atom. The first-order valence-corrected chi connectivity index (χ1v) is 15.5. The number of aliphatic hydroxyl groups excluding tert-OH is 1. The van der Waals surface area contributed by atoms with Crippen molar-refractivity contribution in [3.8, 4) is 0 Å². The number of likely N-dealkylation sites (tertiary alicyclic amines) is 1. The van der Waals surface area contributed by atoms with E-state index in [1.54, 1.807) is 14.7 Å². The van der Waals surface area contributed by atoms with Crippen LogP contribution in [0.25, 0.3) is 10.8 Å². The lowest BCUT2D eigenvalue weighted by atomic mass is 9.74. The van der Waals surface area contributed by atoms with E-state index in [4.69, 9.17) is 4.74 Å². The summed E-state index contributed by atoms with van der Waals surface area (Å²) in [5.74, 6) is -2.32. The van der Waals surface area contributed by atoms with Crippen LogP contribution in [0.1, 0.15) is 26.2 Å². The van der Waals surface area contributed by atoms with Crippen molar-refractivity contribution in [3.05, 3.63) is 97.1 Å². The molecule has 0 bridgehead atoms. The Hall–Kier alpha value is -4.27. The van der Waals surface area contributed by atoms with Crippen molar-refractivity contribution in [1.82, 2.24) is 4.90 Å². The van der Waals surface area contributed by atoms with Gasteiger partial charge >= 0.3 is 0 Å². The van der Waals surface area contributed by atoms with E-state index in [0.717, 1.165) is 22.1 Å². The fourth-order valence-corrected chi connectivity index (χ4v) is 7.75. The molecule has 226 valence electrons. The summed E-state index contributed by atoms with van der Waals surface area (Å²) in [6, 6.07) is 22.5. The van der Waals surface area contributed by atoms with Crippen LogP contribution >= 0.6 is 0 Å². The van der Waals surface area contributed by atoms with Gasteiger partial charge in [0.1, 0.15) is 11.6 Å². The number of aliphatic hydroxyl groups is 1. The van der Waals surface area contributed by atoms with Gasteiger partial charge < -0.3 is 24.5 Å². The molecule has 1 unspecified atom stereocenters. The Bertz CT molecular complexity index is 1670. The maximum Gasteiger partial charge on any atom is 0.253 e. The highest BCUT2D eigenvalue weighted by Crippen LogP contribution is 2.57. The van der Waals surface area contributed by atoms with Gasteiger partial charge in [-0.15, -0.1) is 0 Å². The Morgan fingerprint density at radius 3 is 2.23 bits per heavy atom. The molecule has 3 amide bonds. The second-order valence-corrected chi connectivity index (χ2v) is 12.4. The molecule has 3 aromatic rings. The van der Waals surface area contributed by atoms with Gasteiger partial charge in [-0.2, -0.15) is 0 Å². The number of carbonyl (C=O) groups is 3. The summed E-state index contributed by atoms with van der Waals surface area (Å²) in [7, 11) is 0. The van der Waals surface area contributed by atoms with E-state index >= 15 is 0 Å². The maximum atomic E-state index is 14.7. The summed E-state index contributed by atoms with van der Waals surface area (Å²) in [5, 5.41) is 11.5. The van der Waals surface area contributed by atoms with Crippen molar-refractivity contribution < 1.29 is 24.2 Å². The average Bonchev–Trinajstić information content (AvgIpc) is 3.30. The molecule has 2 fully saturated rings. The lowest BCUT2D eigenvalue weighted by Crippen LogP contribution is -2.56. The summed E-state index contributed by atoms with van der Waals surface area (Å²) in [6.07, 6.45) is 9.61. The number of para-hydroxylation sites is 1. The molecule has 0 aliphatic carbocycles. The monoisotopic (exact) mass is 591 g/mol. The van der Waals surface area contributed by atoms with Gasteiger partial charge in [-0.25, -0.2) is 0 Å². The van der Waals surface area contributed by atoms with E-state index in [2.05, 4.69) is 0 Å². The molecule has 2 saturated heterocycles. The number of rotatable bonds is 7. The minimum Gasteiger partial charge on any atom is -0.396 e. The minimum absolute atomic E-state index is 0.0705. The van der Waals surface area contributed by atoms with Gasteiger partial charge in [0.05, 0.1) is 17.4 Å². The average molecular weight is 592 g/mol. The quantitative estimate of drug-likeness (QED) is 0.323. The molecular weight excluding hydrogens is 554 g/mol. The molecule has 8 nitrogen and oxygen atoms in total. The molecule has 0 saturated carbocycles. The number of ether oxygens (including phenoxy) is 1. The van der Waals surface area contributed by atoms with Crippen LogP contribution in [0.2, 0.25) is 0 Å². The molecule has 1 N–H and O–H groups in total. The van der Waals surface area contributed by atoms with Crippen molar-refractivity contribution >= 4 is 39.9 Å². The number of hydrogen-bond acceptors (Lipinski definition) is 5. The van der Waals surface area contributed by atoms with E-state index in [1.165, 1.54) is 0 Å². The molecule has 44 heavy (non-hydrogen) atoms. The van der Waals surface area contributed by atoms with Crippen molar-refractivity contribution in [2.75, 3.05) is 36.0 Å². The third kappa shape index (κ3) is 4.39. The van der Waals surface area contributed by atoms with E-state index in [1.807, 2.05) is 104 Å². The van der Waals surface area contributed by atoms with Gasteiger partial charge in [0.25, 0.3) is 5.91 Å². The van der Waals surface area contributed by atoms with Crippen LogP contribution in [-0.4, -0.2) is 71.2 Å². The summed E-state index contributed by atoms with van der Waals surface area (Å²) >= 11 is 0. The van der Waals surface area contributed by atoms with Crippen LogP contribution in [0.5, 0.6) is 0 Å². The zero-order valence-electron chi connectivity index (χ0n) is 24.8. The van der Waals surface area contributed by atoms with Crippen LogP contribution in [-0.2, 0) is 19.1 Å². The van der Waals surface area contributed by atoms with Gasteiger partial charge in [0, 0.05) is 37.6 Å². The van der Waals surface area contributed by atoms with E-state index < -0.39 is 29.1 Å². The second kappa shape index (κ2) is 11.0. The van der Waals surface area contributed by atoms with Crippen molar-refractivity contribution in [3.63, 3.8) is 0 Å². The van der Waals surface area contributed by atoms with Gasteiger partial charge in [-0.05, 0) is 61.2 Å². The molecule has 1 spiro atoms. The summed E-state index contributed by atoms with van der Waals surface area (Å²) in [4.78, 5) is 48.9. The first-order valence-electron chi connectivity index (χ1n) is 15.5. The zero-order chi connectivity index (χ0) is 30.5.